The van der Waals surface area contributed by atoms with Crippen molar-refractivity contribution in [3.63, 3.8) is 0 Å². The number of ketones is 1. The minimum Gasteiger partial charge on any atom is -0.464 e. The number of allylic oxidation sites excluding steroid dienone is 5. The van der Waals surface area contributed by atoms with Gasteiger partial charge in [-0.1, -0.05) is 141 Å². The summed E-state index contributed by atoms with van der Waals surface area (Å²) in [5.41, 5.74) is 3.38. The summed E-state index contributed by atoms with van der Waals surface area (Å²) in [6, 6.07) is 0. The first-order chi connectivity index (χ1) is 33.0. The van der Waals surface area contributed by atoms with Crippen LogP contribution in [0.25, 0.3) is 0 Å². The molecular formula is C61H118O12. The minimum atomic E-state index is -0.635. The maximum Gasteiger partial charge on any atom is 0.293 e. The zero-order valence-corrected chi connectivity index (χ0v) is 45.1. The molecule has 1 spiro atoms. The third-order valence-corrected chi connectivity index (χ3v) is 14.2. The molecule has 7 rings (SSSR count). The number of aliphatic hydroxyl groups excluding tert-OH is 1. The minimum absolute atomic E-state index is 0. The molecule has 7 aliphatic rings. The molecule has 0 aromatic carbocycles. The lowest BCUT2D eigenvalue weighted by Gasteiger charge is -2.51. The van der Waals surface area contributed by atoms with E-state index in [1.54, 1.807) is 14.2 Å². The second-order valence-electron chi connectivity index (χ2n) is 18.7. The SMILES string of the molecule is C.C.C.C.C.CC.CC.CC.CC1=CCC2/C(=C/C=C/CC/C(C)=C/CC3CC(OC=O)CC4(CCC(C)C(C5CCCCC5)O4)O3)COC2C1=O.CO.CO[C@H]1CC(C)OC(OC2C(C)OCC[C@H]2OC)C1. The van der Waals surface area contributed by atoms with Crippen molar-refractivity contribution in [1.29, 1.82) is 0 Å². The Bertz CT molecular complexity index is 1500. The number of Topliss-reactive ketones (excluding diaryl/α,β-unsaturated/α-hetero) is 1. The second kappa shape index (κ2) is 42.8. The second-order valence-corrected chi connectivity index (χ2v) is 18.7. The molecule has 434 valence electrons. The lowest BCUT2D eigenvalue weighted by molar-refractivity contribution is -0.341. The van der Waals surface area contributed by atoms with E-state index in [1.807, 2.05) is 61.5 Å². The van der Waals surface area contributed by atoms with E-state index in [1.165, 1.54) is 43.3 Å². The van der Waals surface area contributed by atoms with Gasteiger partial charge in [0.25, 0.3) is 6.47 Å². The van der Waals surface area contributed by atoms with Crippen LogP contribution in [0.1, 0.15) is 216 Å². The predicted octanol–water partition coefficient (Wildman–Crippen LogP) is 14.9. The zero-order chi connectivity index (χ0) is 50.6. The molecule has 2 aliphatic carbocycles. The predicted molar refractivity (Wildman–Crippen MR) is 305 cm³/mol. The monoisotopic (exact) mass is 1040 g/mol. The fourth-order valence-electron chi connectivity index (χ4n) is 10.6. The summed E-state index contributed by atoms with van der Waals surface area (Å²) in [6.45, 7) is 24.3. The van der Waals surface area contributed by atoms with Crippen LogP contribution in [0.3, 0.4) is 0 Å². The summed E-state index contributed by atoms with van der Waals surface area (Å²) in [5.74, 6) is 0.851. The third-order valence-electron chi connectivity index (χ3n) is 14.2. The molecule has 73 heavy (non-hydrogen) atoms. The number of rotatable bonds is 13. The first-order valence-electron chi connectivity index (χ1n) is 26.7. The van der Waals surface area contributed by atoms with Gasteiger partial charge in [0.1, 0.15) is 18.3 Å². The Hall–Kier alpha value is -2.26. The molecule has 12 heteroatoms. The molecule has 0 aromatic heterocycles. The van der Waals surface area contributed by atoms with Crippen LogP contribution in [-0.2, 0) is 52.2 Å². The Morgan fingerprint density at radius 2 is 1.52 bits per heavy atom. The highest BCUT2D eigenvalue weighted by molar-refractivity contribution is 6.00. The molecule has 1 saturated carbocycles. The van der Waals surface area contributed by atoms with Gasteiger partial charge >= 0.3 is 0 Å². The van der Waals surface area contributed by atoms with Crippen LogP contribution in [0, 0.1) is 17.8 Å². The van der Waals surface area contributed by atoms with Crippen molar-refractivity contribution >= 4 is 12.3 Å². The molecule has 0 aromatic rings. The molecule has 13 atom stereocenters. The molecule has 5 heterocycles. The van der Waals surface area contributed by atoms with E-state index in [0.29, 0.717) is 37.8 Å². The van der Waals surface area contributed by atoms with Gasteiger partial charge in [-0.15, -0.1) is 0 Å². The number of hydrogen-bond donors (Lipinski definition) is 1. The van der Waals surface area contributed by atoms with Crippen molar-refractivity contribution < 1.29 is 57.3 Å². The van der Waals surface area contributed by atoms with E-state index < -0.39 is 5.79 Å². The number of hydrogen-bond acceptors (Lipinski definition) is 12. The average Bonchev–Trinajstić information content (AvgIpc) is 3.79. The van der Waals surface area contributed by atoms with E-state index in [9.17, 15) is 9.59 Å². The Morgan fingerprint density at radius 1 is 0.849 bits per heavy atom. The fourth-order valence-corrected chi connectivity index (χ4v) is 10.6. The molecule has 12 nitrogen and oxygen atoms in total. The normalized spacial score (nSPS) is 33.1. The van der Waals surface area contributed by atoms with Crippen molar-refractivity contribution in [2.75, 3.05) is 34.5 Å². The Kier molecular flexibility index (Phi) is 45.3. The van der Waals surface area contributed by atoms with Crippen molar-refractivity contribution in [1.82, 2.24) is 0 Å². The van der Waals surface area contributed by atoms with Gasteiger partial charge in [-0.05, 0) is 108 Å². The highest BCUT2D eigenvalue weighted by Crippen LogP contribution is 2.46. The van der Waals surface area contributed by atoms with Crippen LogP contribution >= 0.6 is 0 Å². The van der Waals surface area contributed by atoms with Crippen LogP contribution < -0.4 is 0 Å². The first kappa shape index (κ1) is 77.2. The number of methoxy groups -OCH3 is 2. The fraction of sp³-hybridized carbons (Fsp3) is 0.836. The van der Waals surface area contributed by atoms with Crippen LogP contribution in [0.4, 0.5) is 0 Å². The Balaban J connectivity index is -0.000000632. The molecule has 0 bridgehead atoms. The third kappa shape index (κ3) is 24.3. The van der Waals surface area contributed by atoms with Crippen LogP contribution in [0.2, 0.25) is 0 Å². The number of carbonyl (C=O) groups is 2. The van der Waals surface area contributed by atoms with Crippen LogP contribution in [0.5, 0.6) is 0 Å². The summed E-state index contributed by atoms with van der Waals surface area (Å²) in [5, 5.41) is 7.00. The Morgan fingerprint density at radius 3 is 2.15 bits per heavy atom. The quantitative estimate of drug-likeness (QED) is 0.139. The van der Waals surface area contributed by atoms with Crippen LogP contribution in [0.15, 0.2) is 47.1 Å². The lowest BCUT2D eigenvalue weighted by atomic mass is 9.76. The topological polar surface area (TPSA) is 137 Å². The molecule has 6 fully saturated rings. The van der Waals surface area contributed by atoms with E-state index in [4.69, 9.17) is 47.7 Å². The lowest BCUT2D eigenvalue weighted by Crippen LogP contribution is -2.55. The largest absolute Gasteiger partial charge is 0.464 e. The maximum absolute atomic E-state index is 12.3. The van der Waals surface area contributed by atoms with Gasteiger partial charge < -0.3 is 47.7 Å². The van der Waals surface area contributed by atoms with Crippen molar-refractivity contribution in [3.8, 4) is 0 Å². The van der Waals surface area contributed by atoms with Gasteiger partial charge in [0, 0.05) is 59.5 Å². The van der Waals surface area contributed by atoms with E-state index in [0.717, 1.165) is 77.1 Å². The standard InChI is InChI=1S/C35H50O6.C14H26O5.3C2H6.CH4O.5CH4/c1-24(10-6-4-9-13-28-22-38-34-31(28)17-15-25(2)32(34)37)14-16-29-20-30(39-23-36)21-35(40-29)19-18-26(3)33(41-35)27-11-7-5-8-12-27;1-9-7-11(15-3)8-13(18-9)19-14-10(2)17-6-5-12(14)16-4;4*1-2;;;;;/h4,9,13-15,23,26-27,29-31,33-34H,5-8,10-12,16-22H2,1-3H3;9-14H,5-8H2,1-4H3;3*1-2H3;2H,1H3;5*1H4/b9-4+,24-14+,28-13+;;;;;;;;;;/t;9?,10?,11-,12+,13?,14?;;;;;;;;;/m.0........./s1. The average molecular weight is 1040 g/mol. The molecule has 5 aliphatic heterocycles. The summed E-state index contributed by atoms with van der Waals surface area (Å²) in [6.07, 6.45) is 26.6. The van der Waals surface area contributed by atoms with Gasteiger partial charge in [-0.2, -0.15) is 0 Å². The smallest absolute Gasteiger partial charge is 0.293 e. The molecule has 0 amide bonds. The molecule has 11 unspecified atom stereocenters. The summed E-state index contributed by atoms with van der Waals surface area (Å²) in [7, 11) is 4.46. The highest BCUT2D eigenvalue weighted by Gasteiger charge is 2.50. The summed E-state index contributed by atoms with van der Waals surface area (Å²) in [4.78, 5) is 23.6. The first-order valence-corrected chi connectivity index (χ1v) is 26.7. The number of carbonyl (C=O) groups excluding carboxylic acids is 2. The van der Waals surface area contributed by atoms with Gasteiger partial charge in [-0.3, -0.25) is 9.59 Å². The summed E-state index contributed by atoms with van der Waals surface area (Å²) >= 11 is 0. The Labute approximate surface area is 450 Å². The number of fused-ring (bicyclic) bond motifs is 1. The molecule has 1 N–H and O–H groups in total. The van der Waals surface area contributed by atoms with Crippen molar-refractivity contribution in [3.05, 3.63) is 47.1 Å². The van der Waals surface area contributed by atoms with Gasteiger partial charge in [-0.25, -0.2) is 0 Å². The van der Waals surface area contributed by atoms with E-state index in [2.05, 4.69) is 45.1 Å². The molecular weight excluding hydrogens is 925 g/mol. The maximum atomic E-state index is 12.3. The van der Waals surface area contributed by atoms with Gasteiger partial charge in [0.15, 0.2) is 17.9 Å². The van der Waals surface area contributed by atoms with E-state index in [-0.39, 0.29) is 110 Å². The molecule has 0 radical (unpaired) electrons. The van der Waals surface area contributed by atoms with E-state index >= 15 is 0 Å². The van der Waals surface area contributed by atoms with Gasteiger partial charge in [0.2, 0.25) is 0 Å². The van der Waals surface area contributed by atoms with Crippen molar-refractivity contribution in [2.24, 2.45) is 17.8 Å². The highest BCUT2D eigenvalue weighted by atomic mass is 16.7. The van der Waals surface area contributed by atoms with Crippen LogP contribution in [-0.4, -0.2) is 119 Å². The number of aliphatic hydroxyl groups is 1. The van der Waals surface area contributed by atoms with Gasteiger partial charge in [0.05, 0.1) is 43.2 Å². The zero-order valence-electron chi connectivity index (χ0n) is 45.1. The molecule has 5 saturated heterocycles. The summed E-state index contributed by atoms with van der Waals surface area (Å²) < 4.78 is 53.5. The van der Waals surface area contributed by atoms with Crippen molar-refractivity contribution in [2.45, 2.75) is 283 Å². The number of ether oxygens (including phenoxy) is 9.